The number of rotatable bonds is 6. The quantitative estimate of drug-likeness (QED) is 0.853. The first-order chi connectivity index (χ1) is 10.6. The van der Waals surface area contributed by atoms with Crippen molar-refractivity contribution in [1.82, 2.24) is 10.3 Å². The largest absolute Gasteiger partial charge is 0.350 e. The molecule has 0 atom stereocenters. The van der Waals surface area contributed by atoms with Crippen LogP contribution in [-0.2, 0) is 11.8 Å². The second kappa shape index (κ2) is 6.36. The molecule has 6 heteroatoms. The molecule has 1 aliphatic carbocycles. The Morgan fingerprint density at radius 3 is 2.95 bits per heavy atom. The molecule has 2 aromatic rings. The first kappa shape index (κ1) is 15.5. The molecule has 22 heavy (non-hydrogen) atoms. The lowest BCUT2D eigenvalue weighted by molar-refractivity contribution is 0.0945. The van der Waals surface area contributed by atoms with Crippen molar-refractivity contribution >= 4 is 28.8 Å². The first-order valence-electron chi connectivity index (χ1n) is 7.32. The summed E-state index contributed by atoms with van der Waals surface area (Å²) in [6.45, 7) is 1.17. The highest BCUT2D eigenvalue weighted by Crippen LogP contribution is 2.48. The second-order valence-corrected chi connectivity index (χ2v) is 7.02. The number of nitrogens with two attached hydrogens (primary N) is 1. The fourth-order valence-corrected chi connectivity index (χ4v) is 3.51. The number of thiazole rings is 1. The van der Waals surface area contributed by atoms with Gasteiger partial charge in [0.1, 0.15) is 5.69 Å². The van der Waals surface area contributed by atoms with Gasteiger partial charge in [0, 0.05) is 28.8 Å². The van der Waals surface area contributed by atoms with Crippen molar-refractivity contribution in [3.8, 4) is 0 Å². The molecule has 1 aromatic carbocycles. The molecule has 3 rings (SSSR count). The molecule has 0 spiro atoms. The van der Waals surface area contributed by atoms with Gasteiger partial charge >= 0.3 is 0 Å². The van der Waals surface area contributed by atoms with Crippen LogP contribution in [0.5, 0.6) is 0 Å². The van der Waals surface area contributed by atoms with E-state index < -0.39 is 0 Å². The van der Waals surface area contributed by atoms with Crippen LogP contribution in [0.1, 0.15) is 33.9 Å². The standard InChI is InChI=1S/C16H18ClN3OS/c17-12-3-1-2-11(8-12)16(5-6-16)10-19-15(21)13-9-22-14(20-13)4-7-18/h1-3,8-9H,4-7,10,18H2,(H,19,21). The third-order valence-electron chi connectivity index (χ3n) is 4.02. The fourth-order valence-electron chi connectivity index (χ4n) is 2.53. The van der Waals surface area contributed by atoms with Gasteiger partial charge in [-0.2, -0.15) is 0 Å². The molecule has 4 nitrogen and oxygen atoms in total. The number of hydrogen-bond acceptors (Lipinski definition) is 4. The minimum Gasteiger partial charge on any atom is -0.350 e. The molecule has 0 saturated heterocycles. The van der Waals surface area contributed by atoms with E-state index in [4.69, 9.17) is 17.3 Å². The van der Waals surface area contributed by atoms with Crippen molar-refractivity contribution in [2.45, 2.75) is 24.7 Å². The van der Waals surface area contributed by atoms with Gasteiger partial charge < -0.3 is 11.1 Å². The van der Waals surface area contributed by atoms with Gasteiger partial charge in [-0.05, 0) is 37.1 Å². The smallest absolute Gasteiger partial charge is 0.270 e. The van der Waals surface area contributed by atoms with E-state index in [1.807, 2.05) is 18.2 Å². The van der Waals surface area contributed by atoms with E-state index in [1.54, 1.807) is 5.38 Å². The number of amides is 1. The van der Waals surface area contributed by atoms with E-state index >= 15 is 0 Å². The van der Waals surface area contributed by atoms with E-state index in [0.717, 1.165) is 22.9 Å². The van der Waals surface area contributed by atoms with Gasteiger partial charge in [0.25, 0.3) is 5.91 Å². The number of halogens is 1. The van der Waals surface area contributed by atoms with Crippen LogP contribution in [-0.4, -0.2) is 24.0 Å². The van der Waals surface area contributed by atoms with Gasteiger partial charge in [-0.15, -0.1) is 11.3 Å². The predicted molar refractivity (Wildman–Crippen MR) is 89.6 cm³/mol. The van der Waals surface area contributed by atoms with E-state index in [9.17, 15) is 4.79 Å². The Balaban J connectivity index is 1.63. The van der Waals surface area contributed by atoms with Crippen molar-refractivity contribution < 1.29 is 4.79 Å². The van der Waals surface area contributed by atoms with Crippen molar-refractivity contribution in [2.75, 3.05) is 13.1 Å². The Hall–Kier alpha value is -1.43. The van der Waals surface area contributed by atoms with Crippen molar-refractivity contribution in [3.63, 3.8) is 0 Å². The van der Waals surface area contributed by atoms with Crippen LogP contribution in [0.2, 0.25) is 5.02 Å². The molecule has 1 heterocycles. The Kier molecular flexibility index (Phi) is 4.47. The van der Waals surface area contributed by atoms with Crippen LogP contribution >= 0.6 is 22.9 Å². The highest BCUT2D eigenvalue weighted by Gasteiger charge is 2.44. The zero-order valence-electron chi connectivity index (χ0n) is 12.1. The lowest BCUT2D eigenvalue weighted by Gasteiger charge is -2.16. The summed E-state index contributed by atoms with van der Waals surface area (Å²) in [5.74, 6) is -0.118. The van der Waals surface area contributed by atoms with Gasteiger partial charge in [0.05, 0.1) is 5.01 Å². The van der Waals surface area contributed by atoms with Crippen molar-refractivity contribution in [3.05, 3.63) is 50.9 Å². The summed E-state index contributed by atoms with van der Waals surface area (Å²) in [4.78, 5) is 16.5. The Bertz CT molecular complexity index is 682. The van der Waals surface area contributed by atoms with Crippen LogP contribution in [0.25, 0.3) is 0 Å². The predicted octanol–water partition coefficient (Wildman–Crippen LogP) is 2.76. The zero-order chi connectivity index (χ0) is 15.6. The maximum atomic E-state index is 12.2. The number of benzene rings is 1. The van der Waals surface area contributed by atoms with E-state index in [1.165, 1.54) is 16.9 Å². The van der Waals surface area contributed by atoms with Crippen LogP contribution < -0.4 is 11.1 Å². The first-order valence-corrected chi connectivity index (χ1v) is 8.57. The molecule has 116 valence electrons. The molecule has 3 N–H and O–H groups in total. The summed E-state index contributed by atoms with van der Waals surface area (Å²) in [5, 5.41) is 6.44. The SMILES string of the molecule is NCCc1nc(C(=O)NCC2(c3cccc(Cl)c3)CC2)cs1. The van der Waals surface area contributed by atoms with E-state index in [0.29, 0.717) is 25.2 Å². The summed E-state index contributed by atoms with van der Waals surface area (Å²) < 4.78 is 0. The van der Waals surface area contributed by atoms with Gasteiger partial charge in [-0.1, -0.05) is 23.7 Å². The molecule has 1 aliphatic rings. The molecule has 1 saturated carbocycles. The Morgan fingerprint density at radius 2 is 2.27 bits per heavy atom. The molecule has 0 aliphatic heterocycles. The molecular weight excluding hydrogens is 318 g/mol. The van der Waals surface area contributed by atoms with Crippen molar-refractivity contribution in [2.24, 2.45) is 5.73 Å². The van der Waals surface area contributed by atoms with Gasteiger partial charge in [0.2, 0.25) is 0 Å². The number of nitrogens with zero attached hydrogens (tertiary/aromatic N) is 1. The highest BCUT2D eigenvalue weighted by molar-refractivity contribution is 7.09. The minimum atomic E-state index is -0.118. The lowest BCUT2D eigenvalue weighted by atomic mass is 9.96. The molecule has 1 amide bonds. The van der Waals surface area contributed by atoms with Crippen molar-refractivity contribution in [1.29, 1.82) is 0 Å². The van der Waals surface area contributed by atoms with Crippen LogP contribution in [0, 0.1) is 0 Å². The summed E-state index contributed by atoms with van der Waals surface area (Å²) >= 11 is 7.54. The average Bonchev–Trinajstić information content (AvgIpc) is 3.17. The number of nitrogens with one attached hydrogen (secondary N) is 1. The normalized spacial score (nSPS) is 15.5. The maximum absolute atomic E-state index is 12.2. The molecule has 0 radical (unpaired) electrons. The summed E-state index contributed by atoms with van der Waals surface area (Å²) in [7, 11) is 0. The summed E-state index contributed by atoms with van der Waals surface area (Å²) in [5.41, 5.74) is 7.22. The summed E-state index contributed by atoms with van der Waals surface area (Å²) in [6.07, 6.45) is 2.86. The number of carbonyl (C=O) groups is 1. The van der Waals surface area contributed by atoms with Gasteiger partial charge in [-0.25, -0.2) is 4.98 Å². The molecule has 1 aromatic heterocycles. The zero-order valence-corrected chi connectivity index (χ0v) is 13.7. The number of carbonyl (C=O) groups excluding carboxylic acids is 1. The van der Waals surface area contributed by atoms with E-state index in [2.05, 4.69) is 16.4 Å². The molecule has 0 unspecified atom stereocenters. The number of aromatic nitrogens is 1. The maximum Gasteiger partial charge on any atom is 0.270 e. The third kappa shape index (κ3) is 3.32. The third-order valence-corrected chi connectivity index (χ3v) is 5.16. The highest BCUT2D eigenvalue weighted by atomic mass is 35.5. The van der Waals surface area contributed by atoms with E-state index in [-0.39, 0.29) is 11.3 Å². The Morgan fingerprint density at radius 1 is 1.45 bits per heavy atom. The van der Waals surface area contributed by atoms with Gasteiger partial charge in [-0.3, -0.25) is 4.79 Å². The topological polar surface area (TPSA) is 68.0 Å². The monoisotopic (exact) mass is 335 g/mol. The van der Waals surface area contributed by atoms with Gasteiger partial charge in [0.15, 0.2) is 0 Å². The minimum absolute atomic E-state index is 0.0384. The summed E-state index contributed by atoms with van der Waals surface area (Å²) in [6, 6.07) is 7.89. The molecular formula is C16H18ClN3OS. The van der Waals surface area contributed by atoms with Crippen LogP contribution in [0.3, 0.4) is 0 Å². The Labute approximate surface area is 138 Å². The fraction of sp³-hybridized carbons (Fsp3) is 0.375. The number of hydrogen-bond donors (Lipinski definition) is 2. The molecule has 0 bridgehead atoms. The second-order valence-electron chi connectivity index (χ2n) is 5.64. The lowest BCUT2D eigenvalue weighted by Crippen LogP contribution is -2.32. The average molecular weight is 336 g/mol. The van der Waals surface area contributed by atoms with Crippen LogP contribution in [0.15, 0.2) is 29.6 Å². The van der Waals surface area contributed by atoms with Crippen LogP contribution in [0.4, 0.5) is 0 Å². The molecule has 1 fully saturated rings.